The second-order valence-electron chi connectivity index (χ2n) is 7.48. The Kier molecular flexibility index (Phi) is 8.01. The number of guanidine groups is 1. The van der Waals surface area contributed by atoms with Crippen molar-refractivity contribution in [2.75, 3.05) is 44.7 Å². The van der Waals surface area contributed by atoms with Gasteiger partial charge >= 0.3 is 0 Å². The van der Waals surface area contributed by atoms with Gasteiger partial charge in [0.2, 0.25) is 5.91 Å². The number of thiazole rings is 1. The average Bonchev–Trinajstić information content (AvgIpc) is 3.26. The molecule has 30 heavy (non-hydrogen) atoms. The quantitative estimate of drug-likeness (QED) is 0.518. The van der Waals surface area contributed by atoms with Gasteiger partial charge in [0.25, 0.3) is 0 Å². The van der Waals surface area contributed by atoms with Crippen LogP contribution in [0.25, 0.3) is 0 Å². The minimum Gasteiger partial charge on any atom is -0.356 e. The summed E-state index contributed by atoms with van der Waals surface area (Å²) in [7, 11) is 1.73. The van der Waals surface area contributed by atoms with Gasteiger partial charge in [-0.2, -0.15) is 0 Å². The van der Waals surface area contributed by atoms with Gasteiger partial charge in [-0.25, -0.2) is 9.97 Å². The molecule has 1 aliphatic heterocycles. The second-order valence-corrected chi connectivity index (χ2v) is 8.42. The molecule has 0 aliphatic carbocycles. The molecular formula is C21H31N7OS. The molecule has 3 rings (SSSR count). The van der Waals surface area contributed by atoms with Gasteiger partial charge in [0.05, 0.1) is 12.2 Å². The van der Waals surface area contributed by atoms with E-state index in [1.807, 2.05) is 23.1 Å². The van der Waals surface area contributed by atoms with Crippen LogP contribution >= 0.6 is 11.3 Å². The molecule has 1 fully saturated rings. The lowest BCUT2D eigenvalue weighted by Gasteiger charge is -2.35. The first kappa shape index (κ1) is 22.0. The van der Waals surface area contributed by atoms with Crippen molar-refractivity contribution in [3.63, 3.8) is 0 Å². The van der Waals surface area contributed by atoms with Crippen molar-refractivity contribution >= 4 is 29.0 Å². The van der Waals surface area contributed by atoms with Crippen LogP contribution in [0, 0.1) is 0 Å². The summed E-state index contributed by atoms with van der Waals surface area (Å²) in [6.07, 6.45) is 2.25. The summed E-state index contributed by atoms with van der Waals surface area (Å²) in [5, 5.41) is 9.62. The standard InChI is InChI=1S/C21H31N7OS/c1-16(2)17-15-30-19(26-17)14-25-21(22-3)24-9-7-20(29)28-12-10-27(11-13-28)18-6-4-5-8-23-18/h4-6,8,15-16H,7,9-14H2,1-3H3,(H2,22,24,25). The molecule has 3 heterocycles. The molecular weight excluding hydrogens is 398 g/mol. The summed E-state index contributed by atoms with van der Waals surface area (Å²) < 4.78 is 0. The third-order valence-corrected chi connectivity index (χ3v) is 5.90. The fourth-order valence-corrected chi connectivity index (χ4v) is 4.12. The molecule has 0 unspecified atom stereocenters. The number of amides is 1. The van der Waals surface area contributed by atoms with E-state index in [9.17, 15) is 4.79 Å². The minimum absolute atomic E-state index is 0.167. The zero-order valence-corrected chi connectivity index (χ0v) is 18.8. The predicted octanol–water partition coefficient (Wildman–Crippen LogP) is 2.07. The summed E-state index contributed by atoms with van der Waals surface area (Å²) in [5.41, 5.74) is 1.12. The number of pyridine rings is 1. The van der Waals surface area contributed by atoms with E-state index in [4.69, 9.17) is 0 Å². The van der Waals surface area contributed by atoms with Crippen LogP contribution in [0.5, 0.6) is 0 Å². The molecule has 162 valence electrons. The zero-order valence-electron chi connectivity index (χ0n) is 18.0. The number of piperazine rings is 1. The Morgan fingerprint density at radius 2 is 2.03 bits per heavy atom. The van der Waals surface area contributed by atoms with Gasteiger partial charge in [-0.15, -0.1) is 11.3 Å². The monoisotopic (exact) mass is 429 g/mol. The molecule has 0 spiro atoms. The first-order chi connectivity index (χ1) is 14.6. The molecule has 0 saturated carbocycles. The molecule has 8 nitrogen and oxygen atoms in total. The molecule has 0 aromatic carbocycles. The van der Waals surface area contributed by atoms with Crippen LogP contribution in [-0.4, -0.2) is 66.5 Å². The van der Waals surface area contributed by atoms with Crippen LogP contribution in [0.3, 0.4) is 0 Å². The molecule has 9 heteroatoms. The highest BCUT2D eigenvalue weighted by Crippen LogP contribution is 2.17. The van der Waals surface area contributed by atoms with E-state index in [-0.39, 0.29) is 5.91 Å². The Morgan fingerprint density at radius 3 is 2.67 bits per heavy atom. The van der Waals surface area contributed by atoms with Crippen LogP contribution in [0.1, 0.15) is 36.9 Å². The maximum Gasteiger partial charge on any atom is 0.224 e. The Labute approximate surface area is 182 Å². The topological polar surface area (TPSA) is 85.8 Å². The number of aromatic nitrogens is 2. The lowest BCUT2D eigenvalue weighted by molar-refractivity contribution is -0.131. The number of nitrogens with one attached hydrogen (secondary N) is 2. The van der Waals surface area contributed by atoms with Crippen LogP contribution < -0.4 is 15.5 Å². The average molecular weight is 430 g/mol. The maximum atomic E-state index is 12.5. The van der Waals surface area contributed by atoms with Crippen molar-refractivity contribution in [1.82, 2.24) is 25.5 Å². The van der Waals surface area contributed by atoms with Gasteiger partial charge in [0.1, 0.15) is 10.8 Å². The molecule has 0 radical (unpaired) electrons. The van der Waals surface area contributed by atoms with Gasteiger partial charge in [-0.05, 0) is 18.1 Å². The fraction of sp³-hybridized carbons (Fsp3) is 0.524. The number of hydrogen-bond acceptors (Lipinski definition) is 6. The van der Waals surface area contributed by atoms with Crippen molar-refractivity contribution in [2.24, 2.45) is 4.99 Å². The van der Waals surface area contributed by atoms with E-state index >= 15 is 0 Å². The molecule has 2 aromatic heterocycles. The summed E-state index contributed by atoms with van der Waals surface area (Å²) in [4.78, 5) is 29.9. The number of hydrogen-bond donors (Lipinski definition) is 2. The zero-order chi connectivity index (χ0) is 21.3. The highest BCUT2D eigenvalue weighted by atomic mass is 32.1. The molecule has 1 amide bonds. The fourth-order valence-electron chi connectivity index (χ4n) is 3.22. The van der Waals surface area contributed by atoms with Crippen molar-refractivity contribution in [3.05, 3.63) is 40.5 Å². The Hall–Kier alpha value is -2.68. The van der Waals surface area contributed by atoms with Crippen LogP contribution in [0.4, 0.5) is 5.82 Å². The number of aliphatic imine (C=N–C) groups is 1. The van der Waals surface area contributed by atoms with Gasteiger partial charge in [0.15, 0.2) is 5.96 Å². The molecule has 2 aromatic rings. The smallest absolute Gasteiger partial charge is 0.224 e. The SMILES string of the molecule is CN=C(NCCC(=O)N1CCN(c2ccccn2)CC1)NCc1nc(C(C)C)cs1. The minimum atomic E-state index is 0.167. The van der Waals surface area contributed by atoms with E-state index in [1.54, 1.807) is 24.6 Å². The third kappa shape index (κ3) is 6.16. The predicted molar refractivity (Wildman–Crippen MR) is 122 cm³/mol. The Bertz CT molecular complexity index is 829. The lowest BCUT2D eigenvalue weighted by atomic mass is 10.2. The molecule has 0 bridgehead atoms. The summed E-state index contributed by atoms with van der Waals surface area (Å²) >= 11 is 1.65. The first-order valence-electron chi connectivity index (χ1n) is 10.4. The Morgan fingerprint density at radius 1 is 1.23 bits per heavy atom. The highest BCUT2D eigenvalue weighted by Gasteiger charge is 2.21. The largest absolute Gasteiger partial charge is 0.356 e. The van der Waals surface area contributed by atoms with Gasteiger partial charge in [-0.1, -0.05) is 19.9 Å². The molecule has 1 aliphatic rings. The van der Waals surface area contributed by atoms with E-state index in [0.717, 1.165) is 42.7 Å². The Balaban J connectivity index is 1.36. The van der Waals surface area contributed by atoms with Crippen molar-refractivity contribution in [2.45, 2.75) is 32.7 Å². The number of nitrogens with zero attached hydrogens (tertiary/aromatic N) is 5. The number of carbonyl (C=O) groups is 1. The first-order valence-corrected chi connectivity index (χ1v) is 11.3. The normalized spacial score (nSPS) is 14.9. The van der Waals surface area contributed by atoms with Gasteiger partial charge < -0.3 is 20.4 Å². The maximum absolute atomic E-state index is 12.5. The lowest BCUT2D eigenvalue weighted by Crippen LogP contribution is -2.49. The number of carbonyl (C=O) groups excluding carboxylic acids is 1. The highest BCUT2D eigenvalue weighted by molar-refractivity contribution is 7.09. The third-order valence-electron chi connectivity index (χ3n) is 5.03. The van der Waals surface area contributed by atoms with Crippen molar-refractivity contribution in [1.29, 1.82) is 0 Å². The van der Waals surface area contributed by atoms with Gasteiger partial charge in [-0.3, -0.25) is 9.79 Å². The van der Waals surface area contributed by atoms with E-state index in [1.165, 1.54) is 0 Å². The van der Waals surface area contributed by atoms with Crippen molar-refractivity contribution < 1.29 is 4.79 Å². The number of anilines is 1. The van der Waals surface area contributed by atoms with E-state index in [0.29, 0.717) is 31.4 Å². The van der Waals surface area contributed by atoms with Crippen LogP contribution in [0.15, 0.2) is 34.8 Å². The summed E-state index contributed by atoms with van der Waals surface area (Å²) in [6.45, 7) is 8.53. The second kappa shape index (κ2) is 10.9. The van der Waals surface area contributed by atoms with E-state index in [2.05, 4.69) is 49.7 Å². The van der Waals surface area contributed by atoms with Crippen molar-refractivity contribution in [3.8, 4) is 0 Å². The molecule has 1 saturated heterocycles. The summed E-state index contributed by atoms with van der Waals surface area (Å²) in [5.74, 6) is 2.26. The molecule has 2 N–H and O–H groups in total. The van der Waals surface area contributed by atoms with Crippen LogP contribution in [-0.2, 0) is 11.3 Å². The summed E-state index contributed by atoms with van der Waals surface area (Å²) in [6, 6.07) is 5.92. The molecule has 0 atom stereocenters. The van der Waals surface area contributed by atoms with Gasteiger partial charge in [0, 0.05) is 57.8 Å². The van der Waals surface area contributed by atoms with E-state index < -0.39 is 0 Å². The van der Waals surface area contributed by atoms with Crippen LogP contribution in [0.2, 0.25) is 0 Å². The number of rotatable bonds is 7.